The number of benzene rings is 2. The van der Waals surface area contributed by atoms with Crippen LogP contribution >= 0.6 is 11.8 Å². The van der Waals surface area contributed by atoms with E-state index in [1.165, 1.54) is 4.57 Å². The molecule has 208 valence electrons. The van der Waals surface area contributed by atoms with Crippen LogP contribution in [0.5, 0.6) is 0 Å². The molecule has 2 heterocycles. The summed E-state index contributed by atoms with van der Waals surface area (Å²) in [6.07, 6.45) is 3.08. The van der Waals surface area contributed by atoms with Crippen LogP contribution in [-0.4, -0.2) is 56.8 Å². The van der Waals surface area contributed by atoms with Crippen molar-refractivity contribution in [3.05, 3.63) is 71.9 Å². The van der Waals surface area contributed by atoms with Crippen molar-refractivity contribution in [1.29, 1.82) is 0 Å². The van der Waals surface area contributed by atoms with E-state index >= 15 is 0 Å². The first kappa shape index (κ1) is 28.7. The number of aromatic nitrogens is 1. The highest BCUT2D eigenvalue weighted by molar-refractivity contribution is 7.98. The molecule has 39 heavy (non-hydrogen) atoms. The van der Waals surface area contributed by atoms with Gasteiger partial charge in [0.05, 0.1) is 5.52 Å². The molecule has 7 nitrogen and oxygen atoms in total. The van der Waals surface area contributed by atoms with Gasteiger partial charge in [0.2, 0.25) is 0 Å². The molecule has 1 aromatic heterocycles. The van der Waals surface area contributed by atoms with Crippen LogP contribution in [0.15, 0.2) is 60.8 Å². The van der Waals surface area contributed by atoms with Crippen LogP contribution in [-0.2, 0) is 20.7 Å². The van der Waals surface area contributed by atoms with Gasteiger partial charge < -0.3 is 9.47 Å². The summed E-state index contributed by atoms with van der Waals surface area (Å²) in [5.74, 6) is -0.0249. The normalized spacial score (nSPS) is 19.8. The average molecular weight is 551 g/mol. The molecular weight excluding hydrogens is 512 g/mol. The van der Waals surface area contributed by atoms with Crippen molar-refractivity contribution in [2.45, 2.75) is 71.8 Å². The molecule has 1 saturated heterocycles. The molecule has 0 spiro atoms. The molecule has 4 rings (SSSR count). The third-order valence-electron chi connectivity index (χ3n) is 6.86. The lowest BCUT2D eigenvalue weighted by Gasteiger charge is -2.40. The standard InChI is InChI=1S/C31H38N2O5S/c1-29(2,3)26-33(25(34)21-13-9-8-10-14-21)31(17-18-39-7,27(35)37-26)19-22-20-32(28(36)38-30(4,5)6)24-16-12-11-15-23(22)24/h8-16,20,26H,17-19H2,1-7H3. The number of amides is 1. The maximum Gasteiger partial charge on any atom is 0.419 e. The topological polar surface area (TPSA) is 77.8 Å². The summed E-state index contributed by atoms with van der Waals surface area (Å²) >= 11 is 1.61. The number of nitrogens with zero attached hydrogens (tertiary/aromatic N) is 2. The Morgan fingerprint density at radius 2 is 1.64 bits per heavy atom. The average Bonchev–Trinajstić information content (AvgIpc) is 3.38. The molecule has 0 radical (unpaired) electrons. The Kier molecular flexibility index (Phi) is 7.90. The summed E-state index contributed by atoms with van der Waals surface area (Å²) in [6.45, 7) is 11.4. The van der Waals surface area contributed by atoms with Crippen molar-refractivity contribution in [1.82, 2.24) is 9.47 Å². The van der Waals surface area contributed by atoms with E-state index in [1.54, 1.807) is 35.0 Å². The fourth-order valence-corrected chi connectivity index (χ4v) is 5.62. The molecule has 2 aromatic carbocycles. The highest BCUT2D eigenvalue weighted by Crippen LogP contribution is 2.44. The molecule has 3 aromatic rings. The predicted octanol–water partition coefficient (Wildman–Crippen LogP) is 6.53. The zero-order valence-electron chi connectivity index (χ0n) is 23.8. The summed E-state index contributed by atoms with van der Waals surface area (Å²) < 4.78 is 13.2. The van der Waals surface area contributed by atoms with Crippen LogP contribution in [0.1, 0.15) is 63.9 Å². The fraction of sp³-hybridized carbons (Fsp3) is 0.452. The van der Waals surface area contributed by atoms with Crippen molar-refractivity contribution in [2.24, 2.45) is 5.41 Å². The SMILES string of the molecule is CSCCC1(Cc2cn(C(=O)OC(C)(C)C)c3ccccc23)C(=O)OC(C(C)(C)C)N1C(=O)c1ccccc1. The first-order valence-electron chi connectivity index (χ1n) is 13.2. The summed E-state index contributed by atoms with van der Waals surface area (Å²) in [6, 6.07) is 16.6. The molecule has 0 N–H and O–H groups in total. The lowest BCUT2D eigenvalue weighted by molar-refractivity contribution is -0.149. The first-order valence-corrected chi connectivity index (χ1v) is 14.6. The third-order valence-corrected chi connectivity index (χ3v) is 7.47. The van der Waals surface area contributed by atoms with Gasteiger partial charge >= 0.3 is 12.1 Å². The maximum absolute atomic E-state index is 14.2. The summed E-state index contributed by atoms with van der Waals surface area (Å²) in [4.78, 5) is 42.9. The van der Waals surface area contributed by atoms with Crippen molar-refractivity contribution >= 4 is 40.6 Å². The van der Waals surface area contributed by atoms with Gasteiger partial charge in [0, 0.05) is 29.0 Å². The number of carbonyl (C=O) groups is 3. The Balaban J connectivity index is 1.88. The Bertz CT molecular complexity index is 1370. The summed E-state index contributed by atoms with van der Waals surface area (Å²) in [5, 5.41) is 0.825. The molecule has 1 fully saturated rings. The number of rotatable bonds is 6. The van der Waals surface area contributed by atoms with Crippen molar-refractivity contribution in [2.75, 3.05) is 12.0 Å². The second kappa shape index (κ2) is 10.7. The van der Waals surface area contributed by atoms with E-state index in [1.807, 2.05) is 90.3 Å². The number of hydrogen-bond acceptors (Lipinski definition) is 6. The minimum Gasteiger partial charge on any atom is -0.443 e. The maximum atomic E-state index is 14.2. The molecule has 8 heteroatoms. The number of fused-ring (bicyclic) bond motifs is 1. The zero-order chi connectivity index (χ0) is 28.6. The Hall–Kier alpha value is -3.26. The number of esters is 1. The van der Waals surface area contributed by atoms with Gasteiger partial charge in [0.15, 0.2) is 6.23 Å². The molecule has 0 aliphatic carbocycles. The molecule has 1 aliphatic rings. The summed E-state index contributed by atoms with van der Waals surface area (Å²) in [5.41, 5.74) is -0.496. The van der Waals surface area contributed by atoms with Crippen molar-refractivity contribution in [3.63, 3.8) is 0 Å². The molecule has 1 aliphatic heterocycles. The second-order valence-electron chi connectivity index (χ2n) is 12.1. The largest absolute Gasteiger partial charge is 0.443 e. The van der Waals surface area contributed by atoms with Gasteiger partial charge in [-0.05, 0) is 63.0 Å². The highest BCUT2D eigenvalue weighted by atomic mass is 32.2. The minimum absolute atomic E-state index is 0.202. The first-order chi connectivity index (χ1) is 18.3. The number of ether oxygens (including phenoxy) is 2. The van der Waals surface area contributed by atoms with E-state index in [9.17, 15) is 14.4 Å². The smallest absolute Gasteiger partial charge is 0.419 e. The number of carbonyl (C=O) groups excluding carboxylic acids is 3. The molecule has 2 atom stereocenters. The third kappa shape index (κ3) is 5.71. The van der Waals surface area contributed by atoms with Gasteiger partial charge in [-0.15, -0.1) is 0 Å². The molecule has 0 saturated carbocycles. The molecule has 1 amide bonds. The van der Waals surface area contributed by atoms with Gasteiger partial charge in [0.1, 0.15) is 11.1 Å². The Labute approximate surface area is 234 Å². The number of para-hydroxylation sites is 1. The van der Waals surface area contributed by atoms with Crippen LogP contribution in [0.3, 0.4) is 0 Å². The van der Waals surface area contributed by atoms with E-state index in [2.05, 4.69) is 0 Å². The van der Waals surface area contributed by atoms with Crippen LogP contribution in [0, 0.1) is 5.41 Å². The lowest BCUT2D eigenvalue weighted by Crippen LogP contribution is -2.57. The molecule has 2 unspecified atom stereocenters. The van der Waals surface area contributed by atoms with Gasteiger partial charge in [0.25, 0.3) is 5.91 Å². The van der Waals surface area contributed by atoms with Gasteiger partial charge in [-0.3, -0.25) is 14.3 Å². The van der Waals surface area contributed by atoms with Crippen LogP contribution in [0.25, 0.3) is 10.9 Å². The van der Waals surface area contributed by atoms with Crippen LogP contribution in [0.2, 0.25) is 0 Å². The predicted molar refractivity (Wildman–Crippen MR) is 155 cm³/mol. The highest BCUT2D eigenvalue weighted by Gasteiger charge is 2.60. The van der Waals surface area contributed by atoms with E-state index in [0.29, 0.717) is 23.3 Å². The summed E-state index contributed by atoms with van der Waals surface area (Å²) in [7, 11) is 0. The van der Waals surface area contributed by atoms with E-state index in [4.69, 9.17) is 9.47 Å². The number of cyclic esters (lactones) is 1. The van der Waals surface area contributed by atoms with E-state index in [0.717, 1.165) is 10.9 Å². The fourth-order valence-electron chi connectivity index (χ4n) is 5.08. The van der Waals surface area contributed by atoms with Crippen molar-refractivity contribution in [3.8, 4) is 0 Å². The second-order valence-corrected chi connectivity index (χ2v) is 13.1. The van der Waals surface area contributed by atoms with Gasteiger partial charge in [-0.2, -0.15) is 11.8 Å². The van der Waals surface area contributed by atoms with Crippen LogP contribution < -0.4 is 0 Å². The van der Waals surface area contributed by atoms with E-state index in [-0.39, 0.29) is 12.3 Å². The monoisotopic (exact) mass is 550 g/mol. The number of thioether (sulfide) groups is 1. The van der Waals surface area contributed by atoms with Crippen molar-refractivity contribution < 1.29 is 23.9 Å². The minimum atomic E-state index is -1.25. The molecule has 0 bridgehead atoms. The zero-order valence-corrected chi connectivity index (χ0v) is 24.6. The van der Waals surface area contributed by atoms with Gasteiger partial charge in [-0.25, -0.2) is 9.59 Å². The van der Waals surface area contributed by atoms with Gasteiger partial charge in [-0.1, -0.05) is 57.2 Å². The Morgan fingerprint density at radius 3 is 2.26 bits per heavy atom. The van der Waals surface area contributed by atoms with Crippen LogP contribution in [0.4, 0.5) is 4.79 Å². The lowest BCUT2D eigenvalue weighted by atomic mass is 9.84. The Morgan fingerprint density at radius 1 is 1.00 bits per heavy atom. The quantitative estimate of drug-likeness (QED) is 0.325. The molecular formula is C31H38N2O5S. The van der Waals surface area contributed by atoms with E-state index < -0.39 is 34.8 Å². The number of hydrogen-bond donors (Lipinski definition) is 0.